The van der Waals surface area contributed by atoms with Crippen LogP contribution >= 0.6 is 0 Å². The molecule has 1 aliphatic heterocycles. The third-order valence-electron chi connectivity index (χ3n) is 5.01. The number of piperidine rings is 1. The maximum atomic E-state index is 9.05. The molecule has 1 aliphatic rings. The molecule has 0 radical (unpaired) electrons. The average molecular weight is 359 g/mol. The molecule has 0 amide bonds. The van der Waals surface area contributed by atoms with Gasteiger partial charge in [0, 0.05) is 44.0 Å². The smallest absolute Gasteiger partial charge is 0.225 e. The van der Waals surface area contributed by atoms with Gasteiger partial charge in [0.25, 0.3) is 0 Å². The Balaban J connectivity index is 1.64. The Morgan fingerprint density at radius 2 is 1.81 bits per heavy atom. The van der Waals surface area contributed by atoms with Crippen LogP contribution in [0.2, 0.25) is 0 Å². The third-order valence-corrected chi connectivity index (χ3v) is 5.01. The molecule has 3 rings (SSSR count). The summed E-state index contributed by atoms with van der Waals surface area (Å²) in [6.07, 6.45) is 2.05. The van der Waals surface area contributed by atoms with Crippen molar-refractivity contribution < 1.29 is 5.11 Å². The Bertz CT molecular complexity index is 717. The van der Waals surface area contributed by atoms with Gasteiger partial charge in [-0.2, -0.15) is 0 Å². The maximum absolute atomic E-state index is 9.05. The first kappa shape index (κ1) is 18.7. The highest BCUT2D eigenvalue weighted by Crippen LogP contribution is 2.28. The third kappa shape index (κ3) is 4.19. The van der Waals surface area contributed by atoms with E-state index in [1.165, 1.54) is 0 Å². The van der Waals surface area contributed by atoms with Crippen molar-refractivity contribution in [2.75, 3.05) is 38.2 Å². The fourth-order valence-corrected chi connectivity index (χ4v) is 3.55. The topological polar surface area (TPSA) is 83.2 Å². The van der Waals surface area contributed by atoms with Gasteiger partial charge >= 0.3 is 0 Å². The van der Waals surface area contributed by atoms with E-state index in [0.717, 1.165) is 54.9 Å². The Morgan fingerprint density at radius 1 is 1.15 bits per heavy atom. The minimum atomic E-state index is 0.153. The van der Waals surface area contributed by atoms with Crippen molar-refractivity contribution in [3.8, 4) is 0 Å². The number of rotatable bonds is 6. The molecule has 8 nitrogen and oxygen atoms in total. The summed E-state index contributed by atoms with van der Waals surface area (Å²) in [5.74, 6) is 3.24. The van der Waals surface area contributed by atoms with Crippen molar-refractivity contribution in [3.63, 3.8) is 0 Å². The van der Waals surface area contributed by atoms with Gasteiger partial charge in [0.1, 0.15) is 11.6 Å². The van der Waals surface area contributed by atoms with Gasteiger partial charge in [0.05, 0.1) is 13.2 Å². The predicted molar refractivity (Wildman–Crippen MR) is 100 cm³/mol. The summed E-state index contributed by atoms with van der Waals surface area (Å²) in [4.78, 5) is 13.5. The number of aliphatic hydroxyl groups excluding tert-OH is 1. The molecule has 0 bridgehead atoms. The van der Waals surface area contributed by atoms with Crippen LogP contribution in [0.5, 0.6) is 0 Å². The largest absolute Gasteiger partial charge is 0.395 e. The van der Waals surface area contributed by atoms with E-state index in [0.29, 0.717) is 19.0 Å². The quantitative estimate of drug-likeness (QED) is 0.825. The second-order valence-electron chi connectivity index (χ2n) is 7.21. The second-order valence-corrected chi connectivity index (χ2v) is 7.21. The van der Waals surface area contributed by atoms with Crippen LogP contribution in [0.3, 0.4) is 0 Å². The van der Waals surface area contributed by atoms with Gasteiger partial charge in [-0.1, -0.05) is 0 Å². The van der Waals surface area contributed by atoms with Crippen molar-refractivity contribution in [1.82, 2.24) is 29.6 Å². The van der Waals surface area contributed by atoms with Crippen molar-refractivity contribution in [2.45, 2.75) is 39.2 Å². The summed E-state index contributed by atoms with van der Waals surface area (Å²) in [5, 5.41) is 17.9. The predicted octanol–water partition coefficient (Wildman–Crippen LogP) is 1.03. The molecule has 26 heavy (non-hydrogen) atoms. The lowest BCUT2D eigenvalue weighted by Gasteiger charge is -2.31. The number of hydrogen-bond acceptors (Lipinski definition) is 7. The zero-order valence-corrected chi connectivity index (χ0v) is 16.2. The number of anilines is 1. The fourth-order valence-electron chi connectivity index (χ4n) is 3.55. The number of aromatic nitrogens is 5. The van der Waals surface area contributed by atoms with Gasteiger partial charge in [-0.05, 0) is 39.8 Å². The molecule has 0 atom stereocenters. The van der Waals surface area contributed by atoms with E-state index in [9.17, 15) is 0 Å². The maximum Gasteiger partial charge on any atom is 0.225 e. The number of hydrogen-bond donors (Lipinski definition) is 1. The van der Waals surface area contributed by atoms with Gasteiger partial charge in [-0.25, -0.2) is 9.97 Å². The molecule has 0 spiro atoms. The molecule has 0 unspecified atom stereocenters. The summed E-state index contributed by atoms with van der Waals surface area (Å²) in [5.41, 5.74) is 2.03. The summed E-state index contributed by atoms with van der Waals surface area (Å²) in [6.45, 7) is 7.37. The van der Waals surface area contributed by atoms with Gasteiger partial charge in [-0.3, -0.25) is 4.90 Å². The Labute approximate surface area is 154 Å². The molecular formula is C18H29N7O. The minimum absolute atomic E-state index is 0.153. The number of aliphatic hydroxyl groups is 1. The van der Waals surface area contributed by atoms with Crippen LogP contribution < -0.4 is 4.90 Å². The van der Waals surface area contributed by atoms with Gasteiger partial charge in [0.2, 0.25) is 5.95 Å². The van der Waals surface area contributed by atoms with Crippen LogP contribution in [0, 0.1) is 13.8 Å². The van der Waals surface area contributed by atoms with E-state index in [4.69, 9.17) is 5.11 Å². The normalized spacial score (nSPS) is 15.8. The molecule has 3 heterocycles. The standard InChI is InChI=1S/C18H29N7O/c1-13-11-14(2)20-18(19-13)25-7-5-15(6-8-25)17-22-21-16(24(17)4)12-23(3)9-10-26/h11,15,26H,5-10,12H2,1-4H3. The molecule has 0 saturated carbocycles. The van der Waals surface area contributed by atoms with Gasteiger partial charge < -0.3 is 14.6 Å². The van der Waals surface area contributed by atoms with Crippen LogP contribution in [0.4, 0.5) is 5.95 Å². The van der Waals surface area contributed by atoms with Gasteiger partial charge in [0.15, 0.2) is 0 Å². The fraction of sp³-hybridized carbons (Fsp3) is 0.667. The zero-order valence-electron chi connectivity index (χ0n) is 16.2. The first-order chi connectivity index (χ1) is 12.5. The lowest BCUT2D eigenvalue weighted by atomic mass is 9.96. The van der Waals surface area contributed by atoms with E-state index >= 15 is 0 Å². The van der Waals surface area contributed by atoms with Crippen LogP contribution in [0.1, 0.15) is 41.8 Å². The zero-order chi connectivity index (χ0) is 18.7. The Hall–Kier alpha value is -2.06. The van der Waals surface area contributed by atoms with Crippen molar-refractivity contribution in [3.05, 3.63) is 29.1 Å². The summed E-state index contributed by atoms with van der Waals surface area (Å²) >= 11 is 0. The number of nitrogens with zero attached hydrogens (tertiary/aromatic N) is 7. The molecule has 1 saturated heterocycles. The second kappa shape index (κ2) is 8.09. The summed E-state index contributed by atoms with van der Waals surface area (Å²) in [7, 11) is 4.02. The van der Waals surface area contributed by atoms with E-state index < -0.39 is 0 Å². The first-order valence-corrected chi connectivity index (χ1v) is 9.22. The summed E-state index contributed by atoms with van der Waals surface area (Å²) in [6, 6.07) is 2.01. The highest BCUT2D eigenvalue weighted by Gasteiger charge is 2.26. The minimum Gasteiger partial charge on any atom is -0.395 e. The Morgan fingerprint density at radius 3 is 2.42 bits per heavy atom. The highest BCUT2D eigenvalue weighted by atomic mass is 16.3. The molecule has 1 fully saturated rings. The molecule has 1 N–H and O–H groups in total. The summed E-state index contributed by atoms with van der Waals surface area (Å²) < 4.78 is 2.11. The lowest BCUT2D eigenvalue weighted by molar-refractivity contribution is 0.213. The molecule has 8 heteroatoms. The van der Waals surface area contributed by atoms with E-state index in [-0.39, 0.29) is 6.61 Å². The molecular weight excluding hydrogens is 330 g/mol. The van der Waals surface area contributed by atoms with Gasteiger partial charge in [-0.15, -0.1) is 10.2 Å². The first-order valence-electron chi connectivity index (χ1n) is 9.22. The Kier molecular flexibility index (Phi) is 5.83. The van der Waals surface area contributed by atoms with E-state index in [1.54, 1.807) is 0 Å². The van der Waals surface area contributed by atoms with Crippen molar-refractivity contribution in [1.29, 1.82) is 0 Å². The molecule has 2 aromatic heterocycles. The average Bonchev–Trinajstić information content (AvgIpc) is 2.95. The van der Waals surface area contributed by atoms with E-state index in [2.05, 4.69) is 29.6 Å². The molecule has 0 aromatic carbocycles. The number of aryl methyl sites for hydroxylation is 2. The van der Waals surface area contributed by atoms with Crippen LogP contribution in [0.15, 0.2) is 6.07 Å². The lowest BCUT2D eigenvalue weighted by Crippen LogP contribution is -2.35. The van der Waals surface area contributed by atoms with E-state index in [1.807, 2.05) is 38.9 Å². The van der Waals surface area contributed by atoms with Crippen molar-refractivity contribution in [2.24, 2.45) is 7.05 Å². The molecule has 0 aliphatic carbocycles. The number of likely N-dealkylation sites (N-methyl/N-ethyl adjacent to an activating group) is 1. The molecule has 142 valence electrons. The van der Waals surface area contributed by atoms with Crippen molar-refractivity contribution >= 4 is 5.95 Å². The SMILES string of the molecule is Cc1cc(C)nc(N2CCC(c3nnc(CN(C)CCO)n3C)CC2)n1. The molecule has 2 aromatic rings. The van der Waals surface area contributed by atoms with Crippen LogP contribution in [0.25, 0.3) is 0 Å². The monoisotopic (exact) mass is 359 g/mol. The van der Waals surface area contributed by atoms with Crippen LogP contribution in [-0.4, -0.2) is 68.0 Å². The highest BCUT2D eigenvalue weighted by molar-refractivity contribution is 5.33. The van der Waals surface area contributed by atoms with Crippen LogP contribution in [-0.2, 0) is 13.6 Å².